The molecule has 0 radical (unpaired) electrons. The fourth-order valence-corrected chi connectivity index (χ4v) is 2.70. The summed E-state index contributed by atoms with van der Waals surface area (Å²) in [7, 11) is 0. The van der Waals surface area contributed by atoms with Gasteiger partial charge >= 0.3 is 0 Å². The standard InChI is InChI=1S/C22H19ClO3/c23-22(24)13-19-11-20(25-15-17-7-3-1-4-8-17)14-21(12-19)26-16-18-9-5-2-6-10-18/h1-12,14H,13,15-16H2. The zero-order chi connectivity index (χ0) is 18.2. The summed E-state index contributed by atoms with van der Waals surface area (Å²) in [6, 6.07) is 25.3. The van der Waals surface area contributed by atoms with Crippen molar-refractivity contribution in [3.63, 3.8) is 0 Å². The quantitative estimate of drug-likeness (QED) is 0.517. The second-order valence-electron chi connectivity index (χ2n) is 5.89. The minimum atomic E-state index is -0.417. The minimum Gasteiger partial charge on any atom is -0.489 e. The molecule has 0 aliphatic rings. The topological polar surface area (TPSA) is 35.5 Å². The van der Waals surface area contributed by atoms with Crippen LogP contribution in [0.3, 0.4) is 0 Å². The van der Waals surface area contributed by atoms with Gasteiger partial charge in [-0.3, -0.25) is 4.79 Å². The molecule has 0 spiro atoms. The van der Waals surface area contributed by atoms with Crippen LogP contribution in [0.5, 0.6) is 11.5 Å². The third-order valence-corrected chi connectivity index (χ3v) is 3.91. The zero-order valence-corrected chi connectivity index (χ0v) is 15.0. The molecule has 0 N–H and O–H groups in total. The summed E-state index contributed by atoms with van der Waals surface area (Å²) in [5.41, 5.74) is 2.90. The lowest BCUT2D eigenvalue weighted by Crippen LogP contribution is -2.01. The van der Waals surface area contributed by atoms with Crippen LogP contribution in [0, 0.1) is 0 Å². The molecule has 4 heteroatoms. The second-order valence-corrected chi connectivity index (χ2v) is 6.31. The predicted molar refractivity (Wildman–Crippen MR) is 103 cm³/mol. The van der Waals surface area contributed by atoms with Crippen molar-refractivity contribution in [2.75, 3.05) is 0 Å². The lowest BCUT2D eigenvalue weighted by Gasteiger charge is -2.12. The number of rotatable bonds is 8. The number of hydrogen-bond acceptors (Lipinski definition) is 3. The Hall–Kier alpha value is -2.78. The first-order chi connectivity index (χ1) is 12.7. The van der Waals surface area contributed by atoms with Gasteiger partial charge in [-0.05, 0) is 40.4 Å². The maximum Gasteiger partial charge on any atom is 0.226 e. The molecule has 0 amide bonds. The molecule has 3 aromatic carbocycles. The van der Waals surface area contributed by atoms with Crippen LogP contribution in [0.2, 0.25) is 0 Å². The van der Waals surface area contributed by atoms with Crippen molar-refractivity contribution in [1.29, 1.82) is 0 Å². The molecule has 3 rings (SSSR count). The fraction of sp³-hybridized carbons (Fsp3) is 0.136. The average molecular weight is 367 g/mol. The number of ether oxygens (including phenoxy) is 2. The van der Waals surface area contributed by atoms with Crippen LogP contribution in [0.25, 0.3) is 0 Å². The van der Waals surface area contributed by atoms with E-state index in [1.807, 2.05) is 78.9 Å². The van der Waals surface area contributed by atoms with E-state index in [1.54, 1.807) is 0 Å². The Morgan fingerprint density at radius 3 is 1.58 bits per heavy atom. The molecule has 0 aliphatic heterocycles. The SMILES string of the molecule is O=C(Cl)Cc1cc(OCc2ccccc2)cc(OCc2ccccc2)c1. The highest BCUT2D eigenvalue weighted by atomic mass is 35.5. The van der Waals surface area contributed by atoms with Crippen molar-refractivity contribution < 1.29 is 14.3 Å². The van der Waals surface area contributed by atoms with Gasteiger partial charge in [-0.2, -0.15) is 0 Å². The molecule has 0 aliphatic carbocycles. The molecular weight excluding hydrogens is 348 g/mol. The number of carbonyl (C=O) groups is 1. The van der Waals surface area contributed by atoms with Gasteiger partial charge in [0.15, 0.2) is 0 Å². The lowest BCUT2D eigenvalue weighted by molar-refractivity contribution is -0.111. The van der Waals surface area contributed by atoms with Gasteiger partial charge in [-0.25, -0.2) is 0 Å². The molecule has 0 unspecified atom stereocenters. The smallest absolute Gasteiger partial charge is 0.226 e. The fourth-order valence-electron chi connectivity index (χ4n) is 2.54. The van der Waals surface area contributed by atoms with Crippen molar-refractivity contribution in [3.8, 4) is 11.5 Å². The zero-order valence-electron chi connectivity index (χ0n) is 14.2. The van der Waals surface area contributed by atoms with Crippen LogP contribution in [0.4, 0.5) is 0 Å². The molecule has 3 aromatic rings. The highest BCUT2D eigenvalue weighted by Crippen LogP contribution is 2.25. The Morgan fingerprint density at radius 1 is 0.692 bits per heavy atom. The van der Waals surface area contributed by atoms with E-state index in [0.717, 1.165) is 16.7 Å². The Labute approximate surface area is 158 Å². The monoisotopic (exact) mass is 366 g/mol. The summed E-state index contributed by atoms with van der Waals surface area (Å²) >= 11 is 5.54. The van der Waals surface area contributed by atoms with Crippen molar-refractivity contribution in [1.82, 2.24) is 0 Å². The normalized spacial score (nSPS) is 10.3. The van der Waals surface area contributed by atoms with Crippen LogP contribution in [-0.2, 0) is 24.4 Å². The number of carbonyl (C=O) groups excluding carboxylic acids is 1. The summed E-state index contributed by atoms with van der Waals surface area (Å²) in [6.45, 7) is 0.883. The molecule has 3 nitrogen and oxygen atoms in total. The van der Waals surface area contributed by atoms with Gasteiger partial charge in [0, 0.05) is 12.5 Å². The van der Waals surface area contributed by atoms with E-state index >= 15 is 0 Å². The predicted octanol–water partition coefficient (Wildman–Crippen LogP) is 5.15. The maximum absolute atomic E-state index is 11.3. The van der Waals surface area contributed by atoms with Crippen LogP contribution in [0.1, 0.15) is 16.7 Å². The summed E-state index contributed by atoms with van der Waals surface area (Å²) in [6.07, 6.45) is 0.131. The molecule has 26 heavy (non-hydrogen) atoms. The Morgan fingerprint density at radius 2 is 1.15 bits per heavy atom. The molecule has 0 fully saturated rings. The van der Waals surface area contributed by atoms with Crippen LogP contribution < -0.4 is 9.47 Å². The lowest BCUT2D eigenvalue weighted by atomic mass is 10.1. The van der Waals surface area contributed by atoms with E-state index in [-0.39, 0.29) is 6.42 Å². The summed E-state index contributed by atoms with van der Waals surface area (Å²) in [5.74, 6) is 1.29. The Kier molecular flexibility index (Phi) is 6.29. The summed E-state index contributed by atoms with van der Waals surface area (Å²) in [5, 5.41) is -0.417. The second kappa shape index (κ2) is 9.07. The first-order valence-electron chi connectivity index (χ1n) is 8.35. The van der Waals surface area contributed by atoms with Gasteiger partial charge in [0.25, 0.3) is 0 Å². The molecule has 0 atom stereocenters. The van der Waals surface area contributed by atoms with Gasteiger partial charge < -0.3 is 9.47 Å². The Balaban J connectivity index is 1.73. The third kappa shape index (κ3) is 5.64. The van der Waals surface area contributed by atoms with Crippen molar-refractivity contribution in [3.05, 3.63) is 95.6 Å². The van der Waals surface area contributed by atoms with Crippen molar-refractivity contribution in [2.45, 2.75) is 19.6 Å². The molecule has 0 heterocycles. The van der Waals surface area contributed by atoms with Crippen molar-refractivity contribution >= 4 is 16.8 Å². The summed E-state index contributed by atoms with van der Waals surface area (Å²) < 4.78 is 11.7. The number of halogens is 1. The van der Waals surface area contributed by atoms with Gasteiger partial charge in [0.2, 0.25) is 5.24 Å². The van der Waals surface area contributed by atoms with E-state index < -0.39 is 5.24 Å². The van der Waals surface area contributed by atoms with Crippen LogP contribution in [-0.4, -0.2) is 5.24 Å². The average Bonchev–Trinajstić information content (AvgIpc) is 2.66. The molecule has 132 valence electrons. The molecular formula is C22H19ClO3. The molecule has 0 bridgehead atoms. The largest absolute Gasteiger partial charge is 0.489 e. The van der Waals surface area contributed by atoms with E-state index in [1.165, 1.54) is 0 Å². The number of benzene rings is 3. The van der Waals surface area contributed by atoms with Gasteiger partial charge in [-0.15, -0.1) is 0 Å². The molecule has 0 saturated carbocycles. The van der Waals surface area contributed by atoms with E-state index in [0.29, 0.717) is 24.7 Å². The third-order valence-electron chi connectivity index (χ3n) is 3.78. The maximum atomic E-state index is 11.3. The van der Waals surface area contributed by atoms with Gasteiger partial charge in [0.1, 0.15) is 24.7 Å². The first-order valence-corrected chi connectivity index (χ1v) is 8.72. The van der Waals surface area contributed by atoms with E-state index in [2.05, 4.69) is 0 Å². The van der Waals surface area contributed by atoms with Crippen molar-refractivity contribution in [2.24, 2.45) is 0 Å². The van der Waals surface area contributed by atoms with Gasteiger partial charge in [-0.1, -0.05) is 60.7 Å². The highest BCUT2D eigenvalue weighted by molar-refractivity contribution is 6.63. The molecule has 0 saturated heterocycles. The minimum absolute atomic E-state index is 0.131. The molecule has 0 aromatic heterocycles. The van der Waals surface area contributed by atoms with Crippen LogP contribution in [0.15, 0.2) is 78.9 Å². The number of hydrogen-bond donors (Lipinski definition) is 0. The van der Waals surface area contributed by atoms with Crippen LogP contribution >= 0.6 is 11.6 Å². The highest BCUT2D eigenvalue weighted by Gasteiger charge is 2.07. The first kappa shape index (κ1) is 18.0. The Bertz CT molecular complexity index is 786. The van der Waals surface area contributed by atoms with E-state index in [9.17, 15) is 4.79 Å². The van der Waals surface area contributed by atoms with E-state index in [4.69, 9.17) is 21.1 Å². The summed E-state index contributed by atoms with van der Waals surface area (Å²) in [4.78, 5) is 11.3. The van der Waals surface area contributed by atoms with Gasteiger partial charge in [0.05, 0.1) is 0 Å².